The number of fused-ring (bicyclic) bond motifs is 1. The van der Waals surface area contributed by atoms with Gasteiger partial charge in [0, 0.05) is 10.6 Å². The molecule has 26 heavy (non-hydrogen) atoms. The Balaban J connectivity index is 1.85. The number of anilines is 2. The molecule has 2 aromatic rings. The van der Waals surface area contributed by atoms with E-state index in [0.29, 0.717) is 23.2 Å². The summed E-state index contributed by atoms with van der Waals surface area (Å²) in [7, 11) is 0. The Hall–Kier alpha value is -1.92. The minimum absolute atomic E-state index is 0.263. The largest absolute Gasteiger partial charge is 0.462 e. The Labute approximate surface area is 164 Å². The number of thiocarbonyl (C=S) groups is 1. The number of aryl methyl sites for hydroxylation is 1. The monoisotopic (exact) mass is 388 g/mol. The van der Waals surface area contributed by atoms with E-state index in [-0.39, 0.29) is 5.97 Å². The average molecular weight is 389 g/mol. The van der Waals surface area contributed by atoms with Crippen LogP contribution >= 0.6 is 23.6 Å². The highest BCUT2D eigenvalue weighted by atomic mass is 32.1. The number of thiophene rings is 1. The standard InChI is InChI=1S/C20H24N2O2S2/c1-4-24-19(23)17-14-10-9-12(2)11-16(14)26-18(17)22-20(25)21-15-8-6-5-7-13(15)3/h5-8,12H,4,9-11H2,1-3H3,(H2,21,22,25)/t12-/m1/s1. The normalized spacial score (nSPS) is 15.9. The first-order valence-corrected chi connectivity index (χ1v) is 10.2. The van der Waals surface area contributed by atoms with Crippen molar-refractivity contribution in [1.29, 1.82) is 0 Å². The third kappa shape index (κ3) is 4.07. The summed E-state index contributed by atoms with van der Waals surface area (Å²) in [6, 6.07) is 7.97. The summed E-state index contributed by atoms with van der Waals surface area (Å²) in [5.74, 6) is 0.377. The highest BCUT2D eigenvalue weighted by molar-refractivity contribution is 7.80. The molecular formula is C20H24N2O2S2. The summed E-state index contributed by atoms with van der Waals surface area (Å²) in [6.07, 6.45) is 3.02. The summed E-state index contributed by atoms with van der Waals surface area (Å²) in [5, 5.41) is 7.73. The first kappa shape index (κ1) is 18.9. The maximum absolute atomic E-state index is 12.6. The van der Waals surface area contributed by atoms with Gasteiger partial charge in [0.1, 0.15) is 5.00 Å². The first-order valence-electron chi connectivity index (χ1n) is 8.94. The Kier molecular flexibility index (Phi) is 5.94. The summed E-state index contributed by atoms with van der Waals surface area (Å²) in [4.78, 5) is 13.8. The molecule has 1 aromatic heterocycles. The van der Waals surface area contributed by atoms with Gasteiger partial charge in [0.2, 0.25) is 0 Å². The summed E-state index contributed by atoms with van der Waals surface area (Å²) in [5.41, 5.74) is 3.86. The van der Waals surface area contributed by atoms with Crippen LogP contribution in [0.4, 0.5) is 10.7 Å². The van der Waals surface area contributed by atoms with Crippen LogP contribution in [0.15, 0.2) is 24.3 Å². The third-order valence-electron chi connectivity index (χ3n) is 4.61. The van der Waals surface area contributed by atoms with Crippen molar-refractivity contribution in [1.82, 2.24) is 0 Å². The van der Waals surface area contributed by atoms with Crippen LogP contribution in [0.3, 0.4) is 0 Å². The van der Waals surface area contributed by atoms with Crippen molar-refractivity contribution in [2.24, 2.45) is 5.92 Å². The number of rotatable bonds is 4. The van der Waals surface area contributed by atoms with E-state index in [1.54, 1.807) is 11.3 Å². The zero-order valence-electron chi connectivity index (χ0n) is 15.3. The van der Waals surface area contributed by atoms with Gasteiger partial charge in [-0.15, -0.1) is 11.3 Å². The van der Waals surface area contributed by atoms with Crippen LogP contribution in [-0.2, 0) is 17.6 Å². The number of nitrogens with one attached hydrogen (secondary N) is 2. The van der Waals surface area contributed by atoms with Crippen LogP contribution in [0.2, 0.25) is 0 Å². The maximum Gasteiger partial charge on any atom is 0.341 e. The molecule has 3 rings (SSSR count). The Bertz CT molecular complexity index is 829. The minimum atomic E-state index is -0.263. The Morgan fingerprint density at radius 1 is 1.35 bits per heavy atom. The maximum atomic E-state index is 12.6. The molecule has 2 N–H and O–H groups in total. The fraction of sp³-hybridized carbons (Fsp3) is 0.400. The van der Waals surface area contributed by atoms with E-state index in [1.165, 1.54) is 4.88 Å². The van der Waals surface area contributed by atoms with Crippen molar-refractivity contribution in [3.8, 4) is 0 Å². The zero-order chi connectivity index (χ0) is 18.7. The van der Waals surface area contributed by atoms with E-state index in [2.05, 4.69) is 17.6 Å². The zero-order valence-corrected chi connectivity index (χ0v) is 17.0. The SMILES string of the molecule is CCOC(=O)c1c(NC(=S)Nc2ccccc2C)sc2c1CC[C@@H](C)C2. The number of benzene rings is 1. The summed E-state index contributed by atoms with van der Waals surface area (Å²) < 4.78 is 5.30. The molecule has 0 saturated carbocycles. The quantitative estimate of drug-likeness (QED) is 0.559. The lowest BCUT2D eigenvalue weighted by molar-refractivity contribution is 0.0526. The van der Waals surface area contributed by atoms with Crippen LogP contribution in [-0.4, -0.2) is 17.7 Å². The Morgan fingerprint density at radius 2 is 2.12 bits per heavy atom. The molecule has 0 saturated heterocycles. The van der Waals surface area contributed by atoms with E-state index in [0.717, 1.165) is 41.1 Å². The van der Waals surface area contributed by atoms with E-state index in [9.17, 15) is 4.79 Å². The molecule has 1 aliphatic rings. The second kappa shape index (κ2) is 8.18. The number of carbonyl (C=O) groups is 1. The molecular weight excluding hydrogens is 364 g/mol. The molecule has 1 heterocycles. The highest BCUT2D eigenvalue weighted by Gasteiger charge is 2.28. The molecule has 0 radical (unpaired) electrons. The van der Waals surface area contributed by atoms with Gasteiger partial charge in [0.25, 0.3) is 0 Å². The van der Waals surface area contributed by atoms with E-state index >= 15 is 0 Å². The lowest BCUT2D eigenvalue weighted by Gasteiger charge is -2.18. The van der Waals surface area contributed by atoms with Gasteiger partial charge in [-0.25, -0.2) is 4.79 Å². The second-order valence-corrected chi connectivity index (χ2v) is 8.18. The van der Waals surface area contributed by atoms with Crippen molar-refractivity contribution in [2.45, 2.75) is 40.0 Å². The van der Waals surface area contributed by atoms with Crippen molar-refractivity contribution in [3.63, 3.8) is 0 Å². The van der Waals surface area contributed by atoms with Crippen molar-refractivity contribution < 1.29 is 9.53 Å². The molecule has 1 aromatic carbocycles. The van der Waals surface area contributed by atoms with Crippen molar-refractivity contribution in [2.75, 3.05) is 17.2 Å². The van der Waals surface area contributed by atoms with E-state index in [4.69, 9.17) is 17.0 Å². The van der Waals surface area contributed by atoms with E-state index < -0.39 is 0 Å². The van der Waals surface area contributed by atoms with Gasteiger partial charge in [-0.1, -0.05) is 25.1 Å². The Morgan fingerprint density at radius 3 is 2.85 bits per heavy atom. The first-order chi connectivity index (χ1) is 12.5. The number of ether oxygens (including phenoxy) is 1. The van der Waals surface area contributed by atoms with Crippen LogP contribution in [0.25, 0.3) is 0 Å². The average Bonchev–Trinajstić information content (AvgIpc) is 2.93. The fourth-order valence-electron chi connectivity index (χ4n) is 3.23. The van der Waals surface area contributed by atoms with Gasteiger partial charge in [-0.3, -0.25) is 0 Å². The van der Waals surface area contributed by atoms with Gasteiger partial charge in [0.15, 0.2) is 5.11 Å². The summed E-state index contributed by atoms with van der Waals surface area (Å²) >= 11 is 7.11. The van der Waals surface area contributed by atoms with Crippen LogP contribution in [0, 0.1) is 12.8 Å². The number of carbonyl (C=O) groups excluding carboxylic acids is 1. The third-order valence-corrected chi connectivity index (χ3v) is 5.99. The smallest absolute Gasteiger partial charge is 0.341 e. The second-order valence-electron chi connectivity index (χ2n) is 6.67. The van der Waals surface area contributed by atoms with Gasteiger partial charge >= 0.3 is 5.97 Å². The number of hydrogen-bond donors (Lipinski definition) is 2. The van der Waals surface area contributed by atoms with Crippen LogP contribution in [0.1, 0.15) is 46.6 Å². The molecule has 0 fully saturated rings. The van der Waals surface area contributed by atoms with Crippen molar-refractivity contribution >= 4 is 45.3 Å². The minimum Gasteiger partial charge on any atom is -0.462 e. The van der Waals surface area contributed by atoms with Gasteiger partial charge in [-0.2, -0.15) is 0 Å². The molecule has 0 bridgehead atoms. The van der Waals surface area contributed by atoms with Gasteiger partial charge in [0.05, 0.1) is 12.2 Å². The topological polar surface area (TPSA) is 50.4 Å². The summed E-state index contributed by atoms with van der Waals surface area (Å²) in [6.45, 7) is 6.48. The lowest BCUT2D eigenvalue weighted by Crippen LogP contribution is -2.21. The van der Waals surface area contributed by atoms with E-state index in [1.807, 2.05) is 38.1 Å². The number of hydrogen-bond acceptors (Lipinski definition) is 4. The molecule has 0 amide bonds. The predicted molar refractivity (Wildman–Crippen MR) is 112 cm³/mol. The number of para-hydroxylation sites is 1. The predicted octanol–water partition coefficient (Wildman–Crippen LogP) is 5.17. The molecule has 1 atom stereocenters. The molecule has 138 valence electrons. The molecule has 1 aliphatic carbocycles. The molecule has 4 nitrogen and oxygen atoms in total. The van der Waals surface area contributed by atoms with Crippen molar-refractivity contribution in [3.05, 3.63) is 45.8 Å². The van der Waals surface area contributed by atoms with Gasteiger partial charge in [-0.05, 0) is 68.4 Å². The van der Waals surface area contributed by atoms with Gasteiger partial charge < -0.3 is 15.4 Å². The molecule has 0 aliphatic heterocycles. The number of esters is 1. The fourth-order valence-corrected chi connectivity index (χ4v) is 4.91. The molecule has 0 unspecified atom stereocenters. The highest BCUT2D eigenvalue weighted by Crippen LogP contribution is 2.40. The molecule has 0 spiro atoms. The van der Waals surface area contributed by atoms with Crippen LogP contribution in [0.5, 0.6) is 0 Å². The lowest BCUT2D eigenvalue weighted by atomic mass is 9.88. The van der Waals surface area contributed by atoms with Crippen LogP contribution < -0.4 is 10.6 Å². The molecule has 6 heteroatoms.